The van der Waals surface area contributed by atoms with E-state index in [1.165, 1.54) is 28.6 Å². The van der Waals surface area contributed by atoms with Crippen LogP contribution in [0.15, 0.2) is 88.7 Å². The zero-order chi connectivity index (χ0) is 25.9. The van der Waals surface area contributed by atoms with Crippen molar-refractivity contribution in [2.24, 2.45) is 0 Å². The summed E-state index contributed by atoms with van der Waals surface area (Å²) in [5, 5.41) is 0. The quantitative estimate of drug-likeness (QED) is 0.396. The van der Waals surface area contributed by atoms with E-state index in [1.54, 1.807) is 61.5 Å². The highest BCUT2D eigenvalue weighted by Crippen LogP contribution is 2.40. The predicted molar refractivity (Wildman–Crippen MR) is 145 cm³/mol. The number of sulfonamides is 2. The molecular weight excluding hydrogens is 520 g/mol. The fourth-order valence-corrected chi connectivity index (χ4v) is 7.11. The zero-order valence-corrected chi connectivity index (χ0v) is 22.5. The Morgan fingerprint density at radius 1 is 0.750 bits per heavy atom. The summed E-state index contributed by atoms with van der Waals surface area (Å²) in [7, 11) is -6.10. The fraction of sp³-hybridized carbons (Fsp3) is 0.280. The van der Waals surface area contributed by atoms with Gasteiger partial charge in [-0.1, -0.05) is 36.4 Å². The number of likely N-dealkylation sites (N-methyl/N-ethyl adjacent to an activating group) is 1. The zero-order valence-electron chi connectivity index (χ0n) is 20.2. The molecule has 36 heavy (non-hydrogen) atoms. The molecule has 1 heterocycles. The van der Waals surface area contributed by atoms with Crippen molar-refractivity contribution in [1.29, 1.82) is 0 Å². The van der Waals surface area contributed by atoms with E-state index in [2.05, 4.69) is 16.8 Å². The maximum absolute atomic E-state index is 13.7. The number of hydrogen-bond acceptors (Lipinski definition) is 6. The van der Waals surface area contributed by atoms with Gasteiger partial charge in [-0.2, -0.15) is 12.2 Å². The second kappa shape index (κ2) is 10.7. The Morgan fingerprint density at radius 2 is 1.28 bits per heavy atom. The molecule has 3 aromatic rings. The van der Waals surface area contributed by atoms with E-state index in [-0.39, 0.29) is 27.7 Å². The van der Waals surface area contributed by atoms with Crippen molar-refractivity contribution < 1.29 is 16.8 Å². The Hall–Kier alpha value is -2.79. The van der Waals surface area contributed by atoms with Crippen LogP contribution >= 0.6 is 11.8 Å². The van der Waals surface area contributed by atoms with Gasteiger partial charge in [0.15, 0.2) is 0 Å². The minimum atomic E-state index is -4.15. The largest absolute Gasteiger partial charge is 0.369 e. The van der Waals surface area contributed by atoms with Crippen molar-refractivity contribution >= 4 is 48.9 Å². The summed E-state index contributed by atoms with van der Waals surface area (Å²) in [6.45, 7) is 5.03. The fourth-order valence-electron chi connectivity index (χ4n) is 4.13. The van der Waals surface area contributed by atoms with Crippen LogP contribution in [0.2, 0.25) is 0 Å². The number of halogens is 1. The number of benzene rings is 3. The summed E-state index contributed by atoms with van der Waals surface area (Å²) in [5.74, 6) is 0. The molecule has 0 saturated carbocycles. The van der Waals surface area contributed by atoms with Crippen LogP contribution in [0, 0.1) is 0 Å². The van der Waals surface area contributed by atoms with E-state index < -0.39 is 20.0 Å². The number of nitrogens with zero attached hydrogens (tertiary/aromatic N) is 4. The van der Waals surface area contributed by atoms with Crippen LogP contribution < -0.4 is 13.0 Å². The minimum Gasteiger partial charge on any atom is -0.369 e. The van der Waals surface area contributed by atoms with E-state index in [9.17, 15) is 16.8 Å². The molecular formula is C25H29ClN4O4S2. The maximum atomic E-state index is 13.7. The molecule has 0 radical (unpaired) electrons. The molecule has 0 N–H and O–H groups in total. The molecule has 0 aromatic heterocycles. The maximum Gasteiger partial charge on any atom is 0.278 e. The average molecular weight is 549 g/mol. The predicted octanol–water partition coefficient (Wildman–Crippen LogP) is 4.00. The first kappa shape index (κ1) is 26.3. The van der Waals surface area contributed by atoms with E-state index in [0.717, 1.165) is 31.9 Å². The molecule has 0 amide bonds. The summed E-state index contributed by atoms with van der Waals surface area (Å²) in [6.07, 6.45) is 0. The smallest absolute Gasteiger partial charge is 0.278 e. The van der Waals surface area contributed by atoms with Crippen molar-refractivity contribution in [1.82, 2.24) is 4.90 Å². The Kier molecular flexibility index (Phi) is 7.79. The first-order valence-corrected chi connectivity index (χ1v) is 14.8. The highest BCUT2D eigenvalue weighted by Gasteiger charge is 2.32. The molecule has 0 spiro atoms. The molecule has 1 fully saturated rings. The first-order valence-electron chi connectivity index (χ1n) is 11.6. The normalized spacial score (nSPS) is 15.0. The van der Waals surface area contributed by atoms with Crippen molar-refractivity contribution in [3.63, 3.8) is 0 Å². The molecule has 1 saturated heterocycles. The van der Waals surface area contributed by atoms with Gasteiger partial charge in [0.2, 0.25) is 0 Å². The standard InChI is InChI=1S/C25H29ClN4O4S2/c1-3-29(35(31,32)22-10-6-4-7-11-22)25-20-21(28-18-16-27(2)17-19-28)14-15-24(25)30(26)36(33,34)23-12-8-5-9-13-23/h4-15,20H,3,16-19H2,1-2H3. The van der Waals surface area contributed by atoms with Gasteiger partial charge in [-0.05, 0) is 56.4 Å². The number of rotatable bonds is 8. The molecule has 4 rings (SSSR count). The summed E-state index contributed by atoms with van der Waals surface area (Å²) in [4.78, 5) is 4.48. The Morgan fingerprint density at radius 3 is 1.81 bits per heavy atom. The third-order valence-electron chi connectivity index (χ3n) is 6.16. The molecule has 192 valence electrons. The topological polar surface area (TPSA) is 81.2 Å². The third-order valence-corrected chi connectivity index (χ3v) is 10.3. The summed E-state index contributed by atoms with van der Waals surface area (Å²) in [5.41, 5.74) is 1.04. The van der Waals surface area contributed by atoms with Gasteiger partial charge in [-0.3, -0.25) is 4.31 Å². The van der Waals surface area contributed by atoms with Crippen molar-refractivity contribution in [3.8, 4) is 0 Å². The van der Waals surface area contributed by atoms with Gasteiger partial charge in [-0.25, -0.2) is 8.42 Å². The molecule has 0 unspecified atom stereocenters. The third kappa shape index (κ3) is 5.17. The minimum absolute atomic E-state index is 0.00283. The van der Waals surface area contributed by atoms with Crippen molar-refractivity contribution in [3.05, 3.63) is 78.9 Å². The van der Waals surface area contributed by atoms with Gasteiger partial charge in [0, 0.05) is 50.2 Å². The second-order valence-electron chi connectivity index (χ2n) is 8.48. The second-order valence-corrected chi connectivity index (χ2v) is 12.7. The highest BCUT2D eigenvalue weighted by atomic mass is 35.5. The summed E-state index contributed by atoms with van der Waals surface area (Å²) in [6, 6.07) is 20.9. The van der Waals surface area contributed by atoms with Crippen molar-refractivity contribution in [2.45, 2.75) is 16.7 Å². The number of hydrogen-bond donors (Lipinski definition) is 0. The number of anilines is 3. The molecule has 1 aliphatic rings. The first-order chi connectivity index (χ1) is 17.2. The highest BCUT2D eigenvalue weighted by molar-refractivity contribution is 7.94. The van der Waals surface area contributed by atoms with Crippen molar-refractivity contribution in [2.75, 3.05) is 52.8 Å². The van der Waals surface area contributed by atoms with Gasteiger partial charge in [0.1, 0.15) is 0 Å². The van der Waals surface area contributed by atoms with Crippen LogP contribution in [0.25, 0.3) is 0 Å². The van der Waals surface area contributed by atoms with E-state index in [0.29, 0.717) is 3.82 Å². The molecule has 1 aliphatic heterocycles. The molecule has 0 bridgehead atoms. The van der Waals surface area contributed by atoms with Crippen LogP contribution in [0.4, 0.5) is 17.1 Å². The summed E-state index contributed by atoms with van der Waals surface area (Å²) >= 11 is 6.50. The van der Waals surface area contributed by atoms with Crippen LogP contribution in [0.1, 0.15) is 6.92 Å². The molecule has 0 aliphatic carbocycles. The Labute approximate surface area is 218 Å². The lowest BCUT2D eigenvalue weighted by atomic mass is 10.2. The summed E-state index contributed by atoms with van der Waals surface area (Å²) < 4.78 is 55.9. The van der Waals surface area contributed by atoms with Gasteiger partial charge < -0.3 is 9.80 Å². The monoisotopic (exact) mass is 548 g/mol. The van der Waals surface area contributed by atoms with E-state index in [1.807, 2.05) is 0 Å². The van der Waals surface area contributed by atoms with E-state index in [4.69, 9.17) is 11.8 Å². The molecule has 3 aromatic carbocycles. The van der Waals surface area contributed by atoms with Gasteiger partial charge >= 0.3 is 0 Å². The Balaban J connectivity index is 1.85. The molecule has 0 atom stereocenters. The van der Waals surface area contributed by atoms with Crippen LogP contribution in [-0.2, 0) is 20.0 Å². The van der Waals surface area contributed by atoms with Crippen LogP contribution in [-0.4, -0.2) is 61.5 Å². The van der Waals surface area contributed by atoms with Gasteiger partial charge in [-0.15, -0.1) is 0 Å². The molecule has 8 nitrogen and oxygen atoms in total. The van der Waals surface area contributed by atoms with E-state index >= 15 is 0 Å². The van der Waals surface area contributed by atoms with Gasteiger partial charge in [0.25, 0.3) is 20.0 Å². The Bertz CT molecular complexity index is 1400. The number of piperazine rings is 1. The van der Waals surface area contributed by atoms with Crippen LogP contribution in [0.5, 0.6) is 0 Å². The average Bonchev–Trinajstić information content (AvgIpc) is 2.90. The lowest BCUT2D eigenvalue weighted by Gasteiger charge is -2.35. The van der Waals surface area contributed by atoms with Crippen LogP contribution in [0.3, 0.4) is 0 Å². The SMILES string of the molecule is CCN(c1cc(N2CCN(C)CC2)ccc1N(Cl)S(=O)(=O)c1ccccc1)S(=O)(=O)c1ccccc1. The lowest BCUT2D eigenvalue weighted by molar-refractivity contribution is 0.313. The molecule has 11 heteroatoms. The lowest BCUT2D eigenvalue weighted by Crippen LogP contribution is -2.44. The van der Waals surface area contributed by atoms with Gasteiger partial charge in [0.05, 0.1) is 21.2 Å².